The summed E-state index contributed by atoms with van der Waals surface area (Å²) in [6.07, 6.45) is 0. The fourth-order valence-electron chi connectivity index (χ4n) is 0.990. The molecule has 1 aromatic carbocycles. The minimum Gasteiger partial charge on any atom is -0.501 e. The molecule has 0 bridgehead atoms. The highest BCUT2D eigenvalue weighted by molar-refractivity contribution is 6.31. The highest BCUT2D eigenvalue weighted by Crippen LogP contribution is 2.33. The molecule has 0 aliphatic rings. The van der Waals surface area contributed by atoms with E-state index in [1.165, 1.54) is 0 Å². The van der Waals surface area contributed by atoms with Crippen LogP contribution in [0, 0.1) is 10.1 Å². The minimum absolute atomic E-state index is 0.0279. The van der Waals surface area contributed by atoms with E-state index in [-0.39, 0.29) is 10.6 Å². The van der Waals surface area contributed by atoms with Gasteiger partial charge >= 0.3 is 11.7 Å². The molecule has 0 heterocycles. The first-order valence-electron chi connectivity index (χ1n) is 3.72. The summed E-state index contributed by atoms with van der Waals surface area (Å²) in [5.74, 6) is -1.64. The molecule has 1 N–H and O–H groups in total. The first-order valence-corrected chi connectivity index (χ1v) is 4.10. The van der Waals surface area contributed by atoms with Crippen LogP contribution in [0.15, 0.2) is 12.1 Å². The average molecular weight is 232 g/mol. The molecule has 0 saturated heterocycles. The number of benzene rings is 1. The Hall–Kier alpha value is -1.82. The molecule has 0 amide bonds. The summed E-state index contributed by atoms with van der Waals surface area (Å²) in [4.78, 5) is 20.7. The zero-order chi connectivity index (χ0) is 11.6. The predicted octanol–water partition coefficient (Wildman–Crippen LogP) is 1.74. The van der Waals surface area contributed by atoms with Crippen LogP contribution in [-0.2, 0) is 4.74 Å². The summed E-state index contributed by atoms with van der Waals surface area (Å²) >= 11 is 5.54. The molecule has 7 heteroatoms. The number of ether oxygens (including phenoxy) is 1. The molecule has 0 spiro atoms. The van der Waals surface area contributed by atoms with Gasteiger partial charge < -0.3 is 9.84 Å². The summed E-state index contributed by atoms with van der Waals surface area (Å²) in [5, 5.41) is 19.8. The van der Waals surface area contributed by atoms with Crippen LogP contribution in [0.1, 0.15) is 10.4 Å². The number of nitro benzene ring substituents is 1. The van der Waals surface area contributed by atoms with Crippen LogP contribution in [0.2, 0.25) is 5.02 Å². The second kappa shape index (κ2) is 4.14. The normalized spacial score (nSPS) is 9.73. The summed E-state index contributed by atoms with van der Waals surface area (Å²) in [6.45, 7) is 0. The highest BCUT2D eigenvalue weighted by atomic mass is 35.5. The predicted molar refractivity (Wildman–Crippen MR) is 51.1 cm³/mol. The first kappa shape index (κ1) is 11.3. The Kier molecular flexibility index (Phi) is 3.11. The van der Waals surface area contributed by atoms with E-state index in [1.807, 2.05) is 0 Å². The third kappa shape index (κ3) is 2.16. The molecule has 1 aromatic rings. The van der Waals surface area contributed by atoms with Crippen LogP contribution in [0.3, 0.4) is 0 Å². The van der Waals surface area contributed by atoms with Crippen molar-refractivity contribution in [3.8, 4) is 5.75 Å². The molecule has 80 valence electrons. The Morgan fingerprint density at radius 3 is 2.67 bits per heavy atom. The van der Waals surface area contributed by atoms with Crippen molar-refractivity contribution in [3.63, 3.8) is 0 Å². The van der Waals surface area contributed by atoms with Crippen LogP contribution in [-0.4, -0.2) is 23.1 Å². The van der Waals surface area contributed by atoms with Gasteiger partial charge in [-0.1, -0.05) is 11.6 Å². The first-order chi connectivity index (χ1) is 6.97. The van der Waals surface area contributed by atoms with Crippen molar-refractivity contribution >= 4 is 23.3 Å². The van der Waals surface area contributed by atoms with Gasteiger partial charge in [0.1, 0.15) is 5.56 Å². The number of halogens is 1. The van der Waals surface area contributed by atoms with E-state index in [0.717, 1.165) is 19.2 Å². The molecule has 0 unspecified atom stereocenters. The Morgan fingerprint density at radius 2 is 2.20 bits per heavy atom. The number of rotatable bonds is 2. The summed E-state index contributed by atoms with van der Waals surface area (Å²) in [6, 6.07) is 2.04. The topological polar surface area (TPSA) is 89.7 Å². The largest absolute Gasteiger partial charge is 0.501 e. The minimum atomic E-state index is -0.891. The summed E-state index contributed by atoms with van der Waals surface area (Å²) in [5.41, 5.74) is -0.973. The monoisotopic (exact) mass is 231 g/mol. The van der Waals surface area contributed by atoms with E-state index in [4.69, 9.17) is 11.6 Å². The van der Waals surface area contributed by atoms with E-state index in [9.17, 15) is 20.0 Å². The van der Waals surface area contributed by atoms with E-state index in [0.29, 0.717) is 0 Å². The standard InChI is InChI=1S/C8H6ClNO5/c1-15-8(12)5-2-4(9)3-6(7(5)11)10(13)14/h2-3,11H,1H3. The number of carbonyl (C=O) groups excluding carboxylic acids is 1. The molecule has 0 saturated carbocycles. The molecular weight excluding hydrogens is 226 g/mol. The smallest absolute Gasteiger partial charge is 0.341 e. The van der Waals surface area contributed by atoms with Crippen LogP contribution < -0.4 is 0 Å². The van der Waals surface area contributed by atoms with Crippen LogP contribution in [0.25, 0.3) is 0 Å². The van der Waals surface area contributed by atoms with Gasteiger partial charge in [0, 0.05) is 11.1 Å². The number of nitrogens with zero attached hydrogens (tertiary/aromatic N) is 1. The van der Waals surface area contributed by atoms with Crippen molar-refractivity contribution < 1.29 is 19.6 Å². The van der Waals surface area contributed by atoms with Crippen molar-refractivity contribution in [2.45, 2.75) is 0 Å². The van der Waals surface area contributed by atoms with E-state index in [1.54, 1.807) is 0 Å². The fourth-order valence-corrected chi connectivity index (χ4v) is 1.20. The lowest BCUT2D eigenvalue weighted by Gasteiger charge is -2.03. The molecule has 1 rings (SSSR count). The van der Waals surface area contributed by atoms with Crippen molar-refractivity contribution in [1.82, 2.24) is 0 Å². The Bertz CT molecular complexity index is 431. The van der Waals surface area contributed by atoms with Gasteiger partial charge in [0.15, 0.2) is 0 Å². The highest BCUT2D eigenvalue weighted by Gasteiger charge is 2.23. The number of phenolic OH excluding ortho intramolecular Hbond substituents is 1. The third-order valence-corrected chi connectivity index (χ3v) is 1.87. The Labute approximate surface area is 89.2 Å². The zero-order valence-electron chi connectivity index (χ0n) is 7.56. The van der Waals surface area contributed by atoms with Gasteiger partial charge in [-0.05, 0) is 6.07 Å². The number of carbonyl (C=O) groups is 1. The molecule has 0 fully saturated rings. The molecule has 15 heavy (non-hydrogen) atoms. The van der Waals surface area contributed by atoms with Crippen molar-refractivity contribution in [2.75, 3.05) is 7.11 Å². The zero-order valence-corrected chi connectivity index (χ0v) is 8.32. The van der Waals surface area contributed by atoms with Gasteiger partial charge in [-0.15, -0.1) is 0 Å². The van der Waals surface area contributed by atoms with Gasteiger partial charge in [0.05, 0.1) is 12.0 Å². The van der Waals surface area contributed by atoms with E-state index in [2.05, 4.69) is 4.74 Å². The van der Waals surface area contributed by atoms with Crippen molar-refractivity contribution in [1.29, 1.82) is 0 Å². The van der Waals surface area contributed by atoms with E-state index >= 15 is 0 Å². The molecule has 0 aliphatic carbocycles. The van der Waals surface area contributed by atoms with Crippen molar-refractivity contribution in [3.05, 3.63) is 32.8 Å². The van der Waals surface area contributed by atoms with Gasteiger partial charge in [-0.25, -0.2) is 4.79 Å². The lowest BCUT2D eigenvalue weighted by atomic mass is 10.2. The Morgan fingerprint density at radius 1 is 1.60 bits per heavy atom. The number of hydrogen-bond donors (Lipinski definition) is 1. The molecule has 0 aliphatic heterocycles. The maximum absolute atomic E-state index is 11.1. The lowest BCUT2D eigenvalue weighted by molar-refractivity contribution is -0.385. The quantitative estimate of drug-likeness (QED) is 0.476. The molecule has 0 radical (unpaired) electrons. The number of aromatic hydroxyl groups is 1. The molecule has 0 atom stereocenters. The maximum Gasteiger partial charge on any atom is 0.341 e. The van der Waals surface area contributed by atoms with E-state index < -0.39 is 22.3 Å². The van der Waals surface area contributed by atoms with Crippen LogP contribution in [0.5, 0.6) is 5.75 Å². The summed E-state index contributed by atoms with van der Waals surface area (Å²) in [7, 11) is 1.09. The van der Waals surface area contributed by atoms with Gasteiger partial charge in [0.25, 0.3) is 0 Å². The van der Waals surface area contributed by atoms with Gasteiger partial charge in [-0.2, -0.15) is 0 Å². The number of methoxy groups -OCH3 is 1. The third-order valence-electron chi connectivity index (χ3n) is 1.66. The number of nitro groups is 1. The van der Waals surface area contributed by atoms with Gasteiger partial charge in [0.2, 0.25) is 5.75 Å². The molecule has 6 nitrogen and oxygen atoms in total. The molecule has 0 aromatic heterocycles. The second-order valence-corrected chi connectivity index (χ2v) is 3.01. The lowest BCUT2D eigenvalue weighted by Crippen LogP contribution is -2.03. The van der Waals surface area contributed by atoms with Gasteiger partial charge in [-0.3, -0.25) is 10.1 Å². The van der Waals surface area contributed by atoms with Crippen LogP contribution >= 0.6 is 11.6 Å². The number of phenols is 1. The number of hydrogen-bond acceptors (Lipinski definition) is 5. The fraction of sp³-hybridized carbons (Fsp3) is 0.125. The Balaban J connectivity index is 3.41. The number of esters is 1. The average Bonchev–Trinajstić information content (AvgIpc) is 2.19. The van der Waals surface area contributed by atoms with Crippen LogP contribution in [0.4, 0.5) is 5.69 Å². The maximum atomic E-state index is 11.1. The second-order valence-electron chi connectivity index (χ2n) is 2.57. The molecular formula is C8H6ClNO5. The SMILES string of the molecule is COC(=O)c1cc(Cl)cc([N+](=O)[O-])c1O. The summed E-state index contributed by atoms with van der Waals surface area (Å²) < 4.78 is 4.33. The van der Waals surface area contributed by atoms with Crippen molar-refractivity contribution in [2.24, 2.45) is 0 Å².